The van der Waals surface area contributed by atoms with Crippen molar-refractivity contribution < 1.29 is 17.9 Å². The van der Waals surface area contributed by atoms with Crippen molar-refractivity contribution in [3.05, 3.63) is 57.4 Å². The molecule has 0 aliphatic carbocycles. The van der Waals surface area contributed by atoms with E-state index in [1.54, 1.807) is 16.7 Å². The second-order valence-corrected chi connectivity index (χ2v) is 8.63. The Bertz CT molecular complexity index is 1010. The van der Waals surface area contributed by atoms with Crippen molar-refractivity contribution >= 4 is 50.3 Å². The summed E-state index contributed by atoms with van der Waals surface area (Å²) in [6.07, 6.45) is 0. The van der Waals surface area contributed by atoms with Crippen molar-refractivity contribution in [2.45, 2.75) is 11.5 Å². The molecule has 0 radical (unpaired) electrons. The summed E-state index contributed by atoms with van der Waals surface area (Å²) in [5, 5.41) is 9.63. The van der Waals surface area contributed by atoms with Crippen LogP contribution >= 0.6 is 34.3 Å². The lowest BCUT2D eigenvalue weighted by Crippen LogP contribution is -2.14. The van der Waals surface area contributed by atoms with Crippen LogP contribution < -0.4 is 5.14 Å². The van der Waals surface area contributed by atoms with Crippen molar-refractivity contribution in [1.82, 2.24) is 4.98 Å². The zero-order valence-electron chi connectivity index (χ0n) is 12.5. The number of hydrogen-bond acceptors (Lipinski definition) is 7. The topological polar surface area (TPSA) is 99.4 Å². The van der Waals surface area contributed by atoms with Gasteiger partial charge in [0, 0.05) is 5.38 Å². The number of sulfonamides is 1. The number of aromatic nitrogens is 1. The van der Waals surface area contributed by atoms with Gasteiger partial charge in [0.1, 0.15) is 16.5 Å². The van der Waals surface area contributed by atoms with Crippen molar-refractivity contribution in [1.29, 1.82) is 0 Å². The molecule has 25 heavy (non-hydrogen) atoms. The van der Waals surface area contributed by atoms with Crippen LogP contribution in [0.1, 0.15) is 16.1 Å². The number of thiophene rings is 1. The number of rotatable bonds is 5. The summed E-state index contributed by atoms with van der Waals surface area (Å²) in [6.45, 7) is -0.0198. The molecule has 0 bridgehead atoms. The van der Waals surface area contributed by atoms with Gasteiger partial charge < -0.3 is 4.74 Å². The Labute approximate surface area is 156 Å². The maximum absolute atomic E-state index is 12.1. The molecule has 0 amide bonds. The monoisotopic (exact) mass is 414 g/mol. The fourth-order valence-corrected chi connectivity index (χ4v) is 4.65. The summed E-state index contributed by atoms with van der Waals surface area (Å²) in [5.74, 6) is -0.688. The summed E-state index contributed by atoms with van der Waals surface area (Å²) >= 11 is 8.82. The Morgan fingerprint density at radius 2 is 2.08 bits per heavy atom. The second kappa shape index (κ2) is 7.22. The Hall–Kier alpha value is -1.78. The molecule has 2 aromatic heterocycles. The van der Waals surface area contributed by atoms with Gasteiger partial charge >= 0.3 is 5.97 Å². The highest BCUT2D eigenvalue weighted by atomic mass is 35.5. The van der Waals surface area contributed by atoms with Gasteiger partial charge in [-0.2, -0.15) is 0 Å². The van der Waals surface area contributed by atoms with E-state index in [1.807, 2.05) is 17.5 Å². The Morgan fingerprint density at radius 3 is 2.76 bits per heavy atom. The average molecular weight is 415 g/mol. The van der Waals surface area contributed by atoms with Crippen LogP contribution in [0, 0.1) is 0 Å². The molecule has 0 atom stereocenters. The molecule has 1 aromatic carbocycles. The van der Waals surface area contributed by atoms with E-state index in [4.69, 9.17) is 21.5 Å². The number of nitrogens with zero attached hydrogens (tertiary/aromatic N) is 1. The van der Waals surface area contributed by atoms with E-state index in [1.165, 1.54) is 23.5 Å². The molecular weight excluding hydrogens is 404 g/mol. The number of thiazole rings is 1. The van der Waals surface area contributed by atoms with Crippen LogP contribution in [0.3, 0.4) is 0 Å². The number of nitrogens with two attached hydrogens (primary N) is 1. The normalized spacial score (nSPS) is 11.4. The van der Waals surface area contributed by atoms with Gasteiger partial charge in [0.15, 0.2) is 0 Å². The zero-order chi connectivity index (χ0) is 18.0. The lowest BCUT2D eigenvalue weighted by Gasteiger charge is -2.06. The molecule has 0 saturated heterocycles. The minimum atomic E-state index is -4.03. The molecule has 0 saturated carbocycles. The summed E-state index contributed by atoms with van der Waals surface area (Å²) in [6, 6.07) is 7.65. The number of carbonyl (C=O) groups is 1. The van der Waals surface area contributed by atoms with Gasteiger partial charge in [-0.3, -0.25) is 0 Å². The number of hydrogen-bond donors (Lipinski definition) is 1. The first kappa shape index (κ1) is 18.0. The lowest BCUT2D eigenvalue weighted by molar-refractivity contribution is 0.0468. The van der Waals surface area contributed by atoms with Crippen molar-refractivity contribution in [3.63, 3.8) is 0 Å². The first-order valence-corrected chi connectivity index (χ1v) is 10.5. The van der Waals surface area contributed by atoms with Crippen LogP contribution in [0.2, 0.25) is 5.02 Å². The summed E-state index contributed by atoms with van der Waals surface area (Å²) < 4.78 is 28.1. The standard InChI is InChI=1S/C15H11ClN2O4S3/c16-11-4-3-9(6-13(11)25(17,20)21)15(19)22-7-10-8-24-14(18-10)12-2-1-5-23-12/h1-6,8H,7H2,(H2,17,20,21). The molecule has 0 fully saturated rings. The van der Waals surface area contributed by atoms with E-state index in [-0.39, 0.29) is 22.1 Å². The van der Waals surface area contributed by atoms with E-state index in [2.05, 4.69) is 4.98 Å². The number of esters is 1. The predicted octanol–water partition coefficient (Wildman–Crippen LogP) is 3.53. The first-order valence-electron chi connectivity index (χ1n) is 6.82. The SMILES string of the molecule is NS(=O)(=O)c1cc(C(=O)OCc2csc(-c3cccs3)n2)ccc1Cl. The van der Waals surface area contributed by atoms with Crippen molar-refractivity contribution in [2.24, 2.45) is 5.14 Å². The number of halogens is 1. The van der Waals surface area contributed by atoms with Crippen LogP contribution in [0.15, 0.2) is 46.0 Å². The summed E-state index contributed by atoms with van der Waals surface area (Å²) in [5.41, 5.74) is 0.657. The molecule has 10 heteroatoms. The molecule has 0 unspecified atom stereocenters. The third-order valence-electron chi connectivity index (χ3n) is 3.11. The molecule has 3 rings (SSSR count). The zero-order valence-corrected chi connectivity index (χ0v) is 15.7. The smallest absolute Gasteiger partial charge is 0.338 e. The number of ether oxygens (including phenoxy) is 1. The van der Waals surface area contributed by atoms with E-state index >= 15 is 0 Å². The first-order chi connectivity index (χ1) is 11.8. The fraction of sp³-hybridized carbons (Fsp3) is 0.0667. The van der Waals surface area contributed by atoms with Gasteiger partial charge in [0.05, 0.1) is 21.2 Å². The fourth-order valence-electron chi connectivity index (χ4n) is 1.96. The molecule has 3 aromatic rings. The highest BCUT2D eigenvalue weighted by Gasteiger charge is 2.17. The van der Waals surface area contributed by atoms with Crippen molar-refractivity contribution in [2.75, 3.05) is 0 Å². The van der Waals surface area contributed by atoms with Crippen LogP contribution in [0.25, 0.3) is 9.88 Å². The van der Waals surface area contributed by atoms with Crippen LogP contribution in [-0.2, 0) is 21.4 Å². The quantitative estimate of drug-likeness (QED) is 0.644. The van der Waals surface area contributed by atoms with Crippen molar-refractivity contribution in [3.8, 4) is 9.88 Å². The molecular formula is C15H11ClN2O4S3. The van der Waals surface area contributed by atoms with Gasteiger partial charge in [-0.05, 0) is 29.6 Å². The predicted molar refractivity (Wildman–Crippen MR) is 97.4 cm³/mol. The Morgan fingerprint density at radius 1 is 1.28 bits per heavy atom. The minimum absolute atomic E-state index is 0.0198. The average Bonchev–Trinajstić information content (AvgIpc) is 3.23. The maximum atomic E-state index is 12.1. The molecule has 6 nitrogen and oxygen atoms in total. The van der Waals surface area contributed by atoms with E-state index in [9.17, 15) is 13.2 Å². The summed E-state index contributed by atoms with van der Waals surface area (Å²) in [7, 11) is -4.03. The maximum Gasteiger partial charge on any atom is 0.338 e. The van der Waals surface area contributed by atoms with Crippen LogP contribution in [0.5, 0.6) is 0 Å². The molecule has 0 aliphatic heterocycles. The Balaban J connectivity index is 1.71. The van der Waals surface area contributed by atoms with Crippen LogP contribution in [-0.4, -0.2) is 19.4 Å². The van der Waals surface area contributed by atoms with Gasteiger partial charge in [0.25, 0.3) is 0 Å². The van der Waals surface area contributed by atoms with E-state index in [0.717, 1.165) is 16.0 Å². The Kier molecular flexibility index (Phi) is 5.21. The van der Waals surface area contributed by atoms with E-state index in [0.29, 0.717) is 5.69 Å². The minimum Gasteiger partial charge on any atom is -0.456 e. The molecule has 2 N–H and O–H groups in total. The summed E-state index contributed by atoms with van der Waals surface area (Å²) in [4.78, 5) is 17.2. The lowest BCUT2D eigenvalue weighted by atomic mass is 10.2. The highest BCUT2D eigenvalue weighted by molar-refractivity contribution is 7.89. The van der Waals surface area contributed by atoms with Gasteiger partial charge in [-0.15, -0.1) is 22.7 Å². The molecule has 2 heterocycles. The van der Waals surface area contributed by atoms with Crippen LogP contribution in [0.4, 0.5) is 0 Å². The third-order valence-corrected chi connectivity index (χ3v) is 6.43. The van der Waals surface area contributed by atoms with Gasteiger partial charge in [-0.1, -0.05) is 17.7 Å². The third kappa shape index (κ3) is 4.25. The molecule has 130 valence electrons. The van der Waals surface area contributed by atoms with Gasteiger partial charge in [-0.25, -0.2) is 23.3 Å². The highest BCUT2D eigenvalue weighted by Crippen LogP contribution is 2.28. The van der Waals surface area contributed by atoms with Gasteiger partial charge in [0.2, 0.25) is 10.0 Å². The molecule has 0 spiro atoms. The molecule has 0 aliphatic rings. The second-order valence-electron chi connectivity index (χ2n) is 4.89. The number of primary sulfonamides is 1. The largest absolute Gasteiger partial charge is 0.456 e. The number of benzene rings is 1. The van der Waals surface area contributed by atoms with E-state index < -0.39 is 16.0 Å². The number of carbonyl (C=O) groups excluding carboxylic acids is 1.